The van der Waals surface area contributed by atoms with E-state index >= 15 is 0 Å². The van der Waals surface area contributed by atoms with Crippen LogP contribution in [0.1, 0.15) is 0 Å². The van der Waals surface area contributed by atoms with Gasteiger partial charge in [-0.1, -0.05) is 48.6 Å². The Morgan fingerprint density at radius 3 is 1.82 bits per heavy atom. The maximum Gasteiger partial charge on any atom is 1.00 e. The minimum Gasteiger partial charge on any atom is -0.859 e. The van der Waals surface area contributed by atoms with E-state index in [-0.39, 0.29) is 61.9 Å². The number of anilines is 2. The molecule has 104 valence electrons. The number of hydrogen-bond acceptors (Lipinski definition) is 4. The average molecular weight is 333 g/mol. The van der Waals surface area contributed by atoms with Crippen LogP contribution in [0.25, 0.3) is 0 Å². The van der Waals surface area contributed by atoms with Gasteiger partial charge >= 0.3 is 51.4 Å². The molecule has 22 heavy (non-hydrogen) atoms. The minimum absolute atomic E-state index is 0. The Kier molecular flexibility index (Phi) is 8.34. The zero-order valence-corrected chi connectivity index (χ0v) is 16.0. The van der Waals surface area contributed by atoms with E-state index in [0.717, 1.165) is 5.69 Å². The summed E-state index contributed by atoms with van der Waals surface area (Å²) in [7, 11) is 0. The van der Waals surface area contributed by atoms with Crippen LogP contribution in [0.2, 0.25) is 0 Å². The Morgan fingerprint density at radius 1 is 0.909 bits per heavy atom. The SMILES string of the molecule is N#CC(C(=S)Nc1ccccc1)=C([O-])Nc1ccccc1.[K+]. The van der Waals surface area contributed by atoms with Gasteiger partial charge in [-0.2, -0.15) is 5.26 Å². The van der Waals surface area contributed by atoms with Crippen LogP contribution in [-0.2, 0) is 0 Å². The van der Waals surface area contributed by atoms with Crippen LogP contribution >= 0.6 is 12.2 Å². The maximum absolute atomic E-state index is 12.1. The summed E-state index contributed by atoms with van der Waals surface area (Å²) in [6.07, 6.45) is 0. The van der Waals surface area contributed by atoms with Gasteiger partial charge in [0.1, 0.15) is 11.1 Å². The van der Waals surface area contributed by atoms with E-state index in [4.69, 9.17) is 17.5 Å². The van der Waals surface area contributed by atoms with E-state index in [9.17, 15) is 5.11 Å². The maximum atomic E-state index is 12.1. The minimum atomic E-state index is -0.530. The summed E-state index contributed by atoms with van der Waals surface area (Å²) in [5.74, 6) is -0.530. The fraction of sp³-hybridized carbons (Fsp3) is 0. The number of thiocarbonyl (C=S) groups is 1. The van der Waals surface area contributed by atoms with Crippen molar-refractivity contribution in [2.75, 3.05) is 10.6 Å². The first-order valence-corrected chi connectivity index (χ1v) is 6.61. The number of para-hydroxylation sites is 2. The zero-order chi connectivity index (χ0) is 15.1. The van der Waals surface area contributed by atoms with E-state index in [1.165, 1.54) is 0 Å². The van der Waals surface area contributed by atoms with Crippen LogP contribution in [0.5, 0.6) is 0 Å². The van der Waals surface area contributed by atoms with E-state index in [1.807, 2.05) is 30.3 Å². The molecule has 2 N–H and O–H groups in total. The molecule has 6 heteroatoms. The molecule has 0 saturated heterocycles. The molecule has 4 nitrogen and oxygen atoms in total. The number of hydrogen-bond donors (Lipinski definition) is 2. The number of nitriles is 1. The van der Waals surface area contributed by atoms with Crippen LogP contribution in [0, 0.1) is 11.3 Å². The summed E-state index contributed by atoms with van der Waals surface area (Å²) >= 11 is 5.12. The van der Waals surface area contributed by atoms with Crippen LogP contribution < -0.4 is 67.1 Å². The summed E-state index contributed by atoms with van der Waals surface area (Å²) in [6.45, 7) is 0. The van der Waals surface area contributed by atoms with Gasteiger partial charge in [0.05, 0.1) is 5.57 Å². The van der Waals surface area contributed by atoms with Gasteiger partial charge in [-0.25, -0.2) is 0 Å². The summed E-state index contributed by atoms with van der Waals surface area (Å²) in [6, 6.07) is 19.9. The molecule has 0 saturated carbocycles. The molecule has 0 spiro atoms. The van der Waals surface area contributed by atoms with Crippen molar-refractivity contribution in [2.24, 2.45) is 0 Å². The second kappa shape index (κ2) is 9.74. The Hall–Kier alpha value is -1.20. The molecular weight excluding hydrogens is 321 g/mol. The Labute approximate surface area is 177 Å². The molecule has 0 radical (unpaired) electrons. The van der Waals surface area contributed by atoms with Crippen LogP contribution in [-0.4, -0.2) is 4.99 Å². The second-order valence-corrected chi connectivity index (χ2v) is 4.54. The third-order valence-electron chi connectivity index (χ3n) is 2.63. The van der Waals surface area contributed by atoms with Crippen LogP contribution in [0.3, 0.4) is 0 Å². The van der Waals surface area contributed by atoms with Crippen molar-refractivity contribution in [3.8, 4) is 6.07 Å². The smallest absolute Gasteiger partial charge is 0.859 e. The first kappa shape index (κ1) is 18.8. The monoisotopic (exact) mass is 333 g/mol. The zero-order valence-electron chi connectivity index (χ0n) is 12.0. The standard InChI is InChI=1S/C16H13N3OS.K/c17-11-14(15(20)18-12-7-3-1-4-8-12)16(21)19-13-9-5-2-6-10-13;/h1-10,18,20H,(H,19,21);/q;+1/p-1. The van der Waals surface area contributed by atoms with Crippen molar-refractivity contribution in [2.45, 2.75) is 0 Å². The van der Waals surface area contributed by atoms with Gasteiger partial charge in [-0.05, 0) is 30.1 Å². The molecule has 0 aromatic heterocycles. The molecular formula is C16H12KN3OS. The molecule has 0 amide bonds. The first-order chi connectivity index (χ1) is 10.2. The predicted molar refractivity (Wildman–Crippen MR) is 85.4 cm³/mol. The molecule has 2 rings (SSSR count). The quantitative estimate of drug-likeness (QED) is 0.263. The molecule has 0 aliphatic carbocycles. The molecule has 0 aliphatic heterocycles. The van der Waals surface area contributed by atoms with Crippen molar-refractivity contribution >= 4 is 28.6 Å². The first-order valence-electron chi connectivity index (χ1n) is 6.20. The Balaban J connectivity index is 0.00000242. The normalized spacial score (nSPS) is 10.5. The number of benzene rings is 2. The van der Waals surface area contributed by atoms with Crippen LogP contribution in [0.4, 0.5) is 11.4 Å². The van der Waals surface area contributed by atoms with Crippen molar-refractivity contribution in [1.29, 1.82) is 5.26 Å². The van der Waals surface area contributed by atoms with E-state index in [2.05, 4.69) is 10.6 Å². The molecule has 2 aromatic rings. The van der Waals surface area contributed by atoms with E-state index in [1.54, 1.807) is 36.4 Å². The van der Waals surface area contributed by atoms with Gasteiger partial charge in [-0.3, -0.25) is 0 Å². The second-order valence-electron chi connectivity index (χ2n) is 4.13. The summed E-state index contributed by atoms with van der Waals surface area (Å²) < 4.78 is 0. The van der Waals surface area contributed by atoms with Gasteiger partial charge in [-0.15, -0.1) is 0 Å². The van der Waals surface area contributed by atoms with Crippen molar-refractivity contribution in [1.82, 2.24) is 0 Å². The van der Waals surface area contributed by atoms with Crippen molar-refractivity contribution < 1.29 is 56.5 Å². The Bertz CT molecular complexity index is 696. The van der Waals surface area contributed by atoms with Gasteiger partial charge < -0.3 is 15.7 Å². The molecule has 2 aromatic carbocycles. The summed E-state index contributed by atoms with van der Waals surface area (Å²) in [4.78, 5) is 0.0946. The van der Waals surface area contributed by atoms with Gasteiger partial charge in [0.15, 0.2) is 0 Å². The van der Waals surface area contributed by atoms with E-state index < -0.39 is 5.88 Å². The topological polar surface area (TPSA) is 70.9 Å². The van der Waals surface area contributed by atoms with Crippen molar-refractivity contribution in [3.05, 3.63) is 72.1 Å². The van der Waals surface area contributed by atoms with E-state index in [0.29, 0.717) is 5.69 Å². The summed E-state index contributed by atoms with van der Waals surface area (Å²) in [5, 5.41) is 26.7. The van der Waals surface area contributed by atoms with Gasteiger partial charge in [0.2, 0.25) is 0 Å². The molecule has 0 bridgehead atoms. The third-order valence-corrected chi connectivity index (χ3v) is 2.94. The summed E-state index contributed by atoms with van der Waals surface area (Å²) in [5.41, 5.74) is 1.21. The molecule has 0 aliphatic rings. The molecule has 0 heterocycles. The Morgan fingerprint density at radius 2 is 1.36 bits per heavy atom. The average Bonchev–Trinajstić information content (AvgIpc) is 2.50. The van der Waals surface area contributed by atoms with Gasteiger partial charge in [0.25, 0.3) is 0 Å². The van der Waals surface area contributed by atoms with Crippen LogP contribution in [0.15, 0.2) is 72.1 Å². The fourth-order valence-corrected chi connectivity index (χ4v) is 1.89. The fourth-order valence-electron chi connectivity index (χ4n) is 1.63. The molecule has 0 atom stereocenters. The van der Waals surface area contributed by atoms with Crippen molar-refractivity contribution in [3.63, 3.8) is 0 Å². The third kappa shape index (κ3) is 5.53. The molecule has 0 unspecified atom stereocenters. The largest absolute Gasteiger partial charge is 1.00 e. The molecule has 0 fully saturated rings. The number of rotatable bonds is 4. The number of nitrogens with zero attached hydrogens (tertiary/aromatic N) is 1. The predicted octanol–water partition coefficient (Wildman–Crippen LogP) is -0.363. The van der Waals surface area contributed by atoms with Gasteiger partial charge in [0, 0.05) is 11.4 Å². The number of nitrogens with one attached hydrogen (secondary N) is 2.